The third-order valence-electron chi connectivity index (χ3n) is 3.24. The van der Waals surface area contributed by atoms with E-state index in [1.807, 2.05) is 39.0 Å². The molecule has 3 heteroatoms. The van der Waals surface area contributed by atoms with Crippen LogP contribution < -0.4 is 0 Å². The fourth-order valence-electron chi connectivity index (χ4n) is 2.45. The van der Waals surface area contributed by atoms with E-state index in [-0.39, 0.29) is 11.6 Å². The summed E-state index contributed by atoms with van der Waals surface area (Å²) in [6, 6.07) is 10.3. The van der Waals surface area contributed by atoms with Crippen LogP contribution in [-0.2, 0) is 0 Å². The van der Waals surface area contributed by atoms with E-state index in [9.17, 15) is 9.90 Å². The Kier molecular flexibility index (Phi) is 2.86. The van der Waals surface area contributed by atoms with Gasteiger partial charge >= 0.3 is 6.09 Å². The zero-order chi connectivity index (χ0) is 12.6. The lowest BCUT2D eigenvalue weighted by atomic mass is 10.1. The number of benzene rings is 1. The first-order chi connectivity index (χ1) is 7.91. The third kappa shape index (κ3) is 2.43. The van der Waals surface area contributed by atoms with Crippen molar-refractivity contribution < 1.29 is 9.90 Å². The lowest BCUT2D eigenvalue weighted by Crippen LogP contribution is -2.46. The van der Waals surface area contributed by atoms with Crippen LogP contribution in [0.4, 0.5) is 4.79 Å². The summed E-state index contributed by atoms with van der Waals surface area (Å²) in [6.45, 7) is 5.84. The Labute approximate surface area is 102 Å². The molecule has 0 saturated heterocycles. The van der Waals surface area contributed by atoms with E-state index >= 15 is 0 Å². The molecule has 1 N–H and O–H groups in total. The third-order valence-corrected chi connectivity index (χ3v) is 3.24. The van der Waals surface area contributed by atoms with Crippen molar-refractivity contribution in [1.29, 1.82) is 0 Å². The smallest absolute Gasteiger partial charge is 0.408 e. The van der Waals surface area contributed by atoms with Crippen LogP contribution in [0.1, 0.15) is 38.7 Å². The van der Waals surface area contributed by atoms with Crippen molar-refractivity contribution in [2.24, 2.45) is 0 Å². The predicted octanol–water partition coefficient (Wildman–Crippen LogP) is 3.32. The minimum atomic E-state index is -0.819. The van der Waals surface area contributed by atoms with E-state index in [4.69, 9.17) is 0 Å². The van der Waals surface area contributed by atoms with Gasteiger partial charge in [0.15, 0.2) is 0 Å². The van der Waals surface area contributed by atoms with Crippen molar-refractivity contribution in [1.82, 2.24) is 4.90 Å². The Hall–Kier alpha value is -1.51. The molecule has 2 unspecified atom stereocenters. The molecule has 1 aliphatic carbocycles. The highest BCUT2D eigenvalue weighted by Gasteiger charge is 2.48. The Morgan fingerprint density at radius 3 is 2.35 bits per heavy atom. The van der Waals surface area contributed by atoms with Gasteiger partial charge in [-0.05, 0) is 32.8 Å². The van der Waals surface area contributed by atoms with Gasteiger partial charge in [-0.3, -0.25) is 4.90 Å². The molecule has 17 heavy (non-hydrogen) atoms. The highest BCUT2D eigenvalue weighted by molar-refractivity contribution is 5.67. The van der Waals surface area contributed by atoms with Crippen LogP contribution in [0.5, 0.6) is 0 Å². The maximum absolute atomic E-state index is 11.3. The van der Waals surface area contributed by atoms with Crippen LogP contribution >= 0.6 is 0 Å². The summed E-state index contributed by atoms with van der Waals surface area (Å²) in [5.74, 6) is 0.367. The van der Waals surface area contributed by atoms with Crippen molar-refractivity contribution in [2.75, 3.05) is 0 Å². The van der Waals surface area contributed by atoms with Crippen LogP contribution in [0, 0.1) is 0 Å². The lowest BCUT2D eigenvalue weighted by molar-refractivity contribution is 0.0940. The first-order valence-corrected chi connectivity index (χ1v) is 5.98. The summed E-state index contributed by atoms with van der Waals surface area (Å²) in [7, 11) is 0. The predicted molar refractivity (Wildman–Crippen MR) is 67.2 cm³/mol. The molecule has 1 aromatic rings. The molecule has 1 aromatic carbocycles. The van der Waals surface area contributed by atoms with E-state index in [0.717, 1.165) is 6.42 Å². The number of carboxylic acid groups (broad SMARTS) is 1. The van der Waals surface area contributed by atoms with Crippen molar-refractivity contribution in [3.05, 3.63) is 35.9 Å². The lowest BCUT2D eigenvalue weighted by Gasteiger charge is -2.33. The fourth-order valence-corrected chi connectivity index (χ4v) is 2.45. The minimum absolute atomic E-state index is 0.134. The standard InChI is InChI=1S/C14H19NO2/c1-14(2,3)15(13(16)17)12-9-11(12)10-7-5-4-6-8-10/h4-8,11-12H,9H2,1-3H3,(H,16,17). The summed E-state index contributed by atoms with van der Waals surface area (Å²) in [4.78, 5) is 12.9. The zero-order valence-electron chi connectivity index (χ0n) is 10.6. The van der Waals surface area contributed by atoms with E-state index in [1.54, 1.807) is 4.90 Å². The Morgan fingerprint density at radius 1 is 1.29 bits per heavy atom. The summed E-state index contributed by atoms with van der Waals surface area (Å²) in [5, 5.41) is 9.31. The SMILES string of the molecule is CC(C)(C)N(C(=O)O)C1CC1c1ccccc1. The largest absolute Gasteiger partial charge is 0.465 e. The van der Waals surface area contributed by atoms with Crippen LogP contribution in [0.25, 0.3) is 0 Å². The van der Waals surface area contributed by atoms with Gasteiger partial charge in [0.2, 0.25) is 0 Å². The van der Waals surface area contributed by atoms with Gasteiger partial charge in [0, 0.05) is 17.5 Å². The van der Waals surface area contributed by atoms with Crippen LogP contribution in [-0.4, -0.2) is 27.7 Å². The molecule has 2 atom stereocenters. The number of amides is 1. The molecule has 92 valence electrons. The summed E-state index contributed by atoms with van der Waals surface area (Å²) in [6.07, 6.45) is 0.119. The van der Waals surface area contributed by atoms with Crippen LogP contribution in [0.3, 0.4) is 0 Å². The molecular weight excluding hydrogens is 214 g/mol. The molecule has 1 aliphatic rings. The molecule has 1 fully saturated rings. The second-order valence-corrected chi connectivity index (χ2v) is 5.64. The molecular formula is C14H19NO2. The number of nitrogens with zero attached hydrogens (tertiary/aromatic N) is 1. The fraction of sp³-hybridized carbons (Fsp3) is 0.500. The van der Waals surface area contributed by atoms with Crippen molar-refractivity contribution in [2.45, 2.75) is 44.7 Å². The molecule has 0 bridgehead atoms. The summed E-state index contributed by atoms with van der Waals surface area (Å²) < 4.78 is 0. The molecule has 2 rings (SSSR count). The maximum Gasteiger partial charge on any atom is 0.408 e. The molecule has 1 amide bonds. The molecule has 3 nitrogen and oxygen atoms in total. The van der Waals surface area contributed by atoms with Crippen molar-refractivity contribution in [3.63, 3.8) is 0 Å². The molecule has 1 saturated carbocycles. The average Bonchev–Trinajstić information content (AvgIpc) is 2.96. The Bertz CT molecular complexity index is 408. The van der Waals surface area contributed by atoms with Gasteiger partial charge in [-0.25, -0.2) is 4.79 Å². The van der Waals surface area contributed by atoms with Gasteiger partial charge in [-0.15, -0.1) is 0 Å². The van der Waals surface area contributed by atoms with Gasteiger partial charge in [0.1, 0.15) is 0 Å². The second kappa shape index (κ2) is 4.06. The van der Waals surface area contributed by atoms with E-state index in [2.05, 4.69) is 12.1 Å². The Morgan fingerprint density at radius 2 is 1.88 bits per heavy atom. The molecule has 0 radical (unpaired) electrons. The topological polar surface area (TPSA) is 40.5 Å². The molecule has 0 heterocycles. The van der Waals surface area contributed by atoms with E-state index in [1.165, 1.54) is 5.56 Å². The van der Waals surface area contributed by atoms with Gasteiger partial charge in [-0.2, -0.15) is 0 Å². The second-order valence-electron chi connectivity index (χ2n) is 5.64. The van der Waals surface area contributed by atoms with Crippen molar-refractivity contribution >= 4 is 6.09 Å². The van der Waals surface area contributed by atoms with Gasteiger partial charge in [-0.1, -0.05) is 30.3 Å². The monoisotopic (exact) mass is 233 g/mol. The van der Waals surface area contributed by atoms with Gasteiger partial charge < -0.3 is 5.11 Å². The maximum atomic E-state index is 11.3. The Balaban J connectivity index is 2.14. The van der Waals surface area contributed by atoms with Crippen LogP contribution in [0.2, 0.25) is 0 Å². The number of hydrogen-bond acceptors (Lipinski definition) is 1. The number of carbonyl (C=O) groups is 1. The van der Waals surface area contributed by atoms with Gasteiger partial charge in [0.25, 0.3) is 0 Å². The van der Waals surface area contributed by atoms with E-state index < -0.39 is 6.09 Å². The van der Waals surface area contributed by atoms with Gasteiger partial charge in [0.05, 0.1) is 0 Å². The quantitative estimate of drug-likeness (QED) is 0.851. The molecule has 0 aliphatic heterocycles. The van der Waals surface area contributed by atoms with Crippen molar-refractivity contribution in [3.8, 4) is 0 Å². The summed E-state index contributed by atoms with van der Waals surface area (Å²) in [5.41, 5.74) is 0.910. The van der Waals surface area contributed by atoms with Crippen LogP contribution in [0.15, 0.2) is 30.3 Å². The average molecular weight is 233 g/mol. The zero-order valence-corrected chi connectivity index (χ0v) is 10.6. The first-order valence-electron chi connectivity index (χ1n) is 5.98. The molecule has 0 aromatic heterocycles. The first kappa shape index (κ1) is 12.0. The number of rotatable bonds is 2. The highest BCUT2D eigenvalue weighted by atomic mass is 16.4. The highest BCUT2D eigenvalue weighted by Crippen LogP contribution is 2.46. The minimum Gasteiger partial charge on any atom is -0.465 e. The molecule has 0 spiro atoms. The van der Waals surface area contributed by atoms with E-state index in [0.29, 0.717) is 5.92 Å². The number of hydrogen-bond donors (Lipinski definition) is 1. The summed E-state index contributed by atoms with van der Waals surface area (Å²) >= 11 is 0. The normalized spacial score (nSPS) is 23.2.